The zero-order chi connectivity index (χ0) is 14.0. The molecule has 0 saturated carbocycles. The molecule has 1 aliphatic carbocycles. The number of allylic oxidation sites excluding steroid dienone is 2. The van der Waals surface area contributed by atoms with Crippen LogP contribution in [0, 0.1) is 23.2 Å². The number of hydrogen-bond acceptors (Lipinski definition) is 2. The molecule has 1 fully saturated rings. The van der Waals surface area contributed by atoms with E-state index in [1.807, 2.05) is 0 Å². The summed E-state index contributed by atoms with van der Waals surface area (Å²) in [5.41, 5.74) is 1.71. The van der Waals surface area contributed by atoms with Crippen molar-refractivity contribution in [1.82, 2.24) is 0 Å². The molecule has 2 aliphatic rings. The Balaban J connectivity index is 1.93. The standard InChI is InChI=1S/C17H30O2/c1-6-14(4)17(5)10-18-16(19-11-17)15-8-7-12(2)9-13(15)3/h9,13-16H,6-8,10-11H2,1-5H3/t13-,14+,15-,16?,17?/m1/s1. The molecule has 1 heterocycles. The van der Waals surface area contributed by atoms with Crippen LogP contribution >= 0.6 is 0 Å². The Labute approximate surface area is 118 Å². The van der Waals surface area contributed by atoms with Gasteiger partial charge in [-0.25, -0.2) is 0 Å². The highest BCUT2D eigenvalue weighted by Crippen LogP contribution is 2.39. The van der Waals surface area contributed by atoms with Crippen LogP contribution in [-0.4, -0.2) is 19.5 Å². The van der Waals surface area contributed by atoms with Crippen LogP contribution in [0.1, 0.15) is 53.9 Å². The summed E-state index contributed by atoms with van der Waals surface area (Å²) in [6, 6.07) is 0. The van der Waals surface area contributed by atoms with Gasteiger partial charge in [-0.15, -0.1) is 0 Å². The third-order valence-corrected chi connectivity index (χ3v) is 5.40. The lowest BCUT2D eigenvalue weighted by Gasteiger charge is -2.44. The maximum absolute atomic E-state index is 6.11. The molecule has 3 atom stereocenters. The monoisotopic (exact) mass is 266 g/mol. The first-order chi connectivity index (χ1) is 8.96. The molecule has 0 spiro atoms. The minimum Gasteiger partial charge on any atom is -0.352 e. The van der Waals surface area contributed by atoms with Gasteiger partial charge in [-0.05, 0) is 31.6 Å². The molecule has 110 valence electrons. The maximum Gasteiger partial charge on any atom is 0.160 e. The molecule has 2 nitrogen and oxygen atoms in total. The van der Waals surface area contributed by atoms with Crippen molar-refractivity contribution in [2.45, 2.75) is 60.2 Å². The van der Waals surface area contributed by atoms with Gasteiger partial charge in [-0.2, -0.15) is 0 Å². The molecule has 0 radical (unpaired) electrons. The van der Waals surface area contributed by atoms with Crippen molar-refractivity contribution in [1.29, 1.82) is 0 Å². The SMILES string of the molecule is CC[C@H](C)C1(C)COC([C@@H]2CCC(C)=C[C@H]2C)OC1. The van der Waals surface area contributed by atoms with E-state index in [-0.39, 0.29) is 11.7 Å². The maximum atomic E-state index is 6.11. The third-order valence-electron chi connectivity index (χ3n) is 5.40. The lowest BCUT2D eigenvalue weighted by Crippen LogP contribution is -2.47. The van der Waals surface area contributed by atoms with Crippen molar-refractivity contribution >= 4 is 0 Å². The zero-order valence-electron chi connectivity index (χ0n) is 13.2. The van der Waals surface area contributed by atoms with Crippen LogP contribution in [0.15, 0.2) is 11.6 Å². The number of hydrogen-bond donors (Lipinski definition) is 0. The van der Waals surface area contributed by atoms with Gasteiger partial charge in [0, 0.05) is 11.3 Å². The highest BCUT2D eigenvalue weighted by molar-refractivity contribution is 5.06. The van der Waals surface area contributed by atoms with Crippen LogP contribution in [0.25, 0.3) is 0 Å². The first-order valence-corrected chi connectivity index (χ1v) is 7.87. The fourth-order valence-electron chi connectivity index (χ4n) is 3.36. The van der Waals surface area contributed by atoms with Crippen molar-refractivity contribution < 1.29 is 9.47 Å². The van der Waals surface area contributed by atoms with E-state index in [2.05, 4.69) is 40.7 Å². The Morgan fingerprint density at radius 2 is 2.00 bits per heavy atom. The predicted octanol–water partition coefficient (Wildman–Crippen LogP) is 4.40. The largest absolute Gasteiger partial charge is 0.352 e. The predicted molar refractivity (Wildman–Crippen MR) is 78.9 cm³/mol. The molecule has 0 aromatic heterocycles. The van der Waals surface area contributed by atoms with Crippen molar-refractivity contribution in [3.8, 4) is 0 Å². The van der Waals surface area contributed by atoms with Gasteiger partial charge in [0.15, 0.2) is 6.29 Å². The summed E-state index contributed by atoms with van der Waals surface area (Å²) in [7, 11) is 0. The summed E-state index contributed by atoms with van der Waals surface area (Å²) < 4.78 is 12.2. The van der Waals surface area contributed by atoms with E-state index in [0.717, 1.165) is 13.2 Å². The zero-order valence-corrected chi connectivity index (χ0v) is 13.2. The summed E-state index contributed by atoms with van der Waals surface area (Å²) in [6.07, 6.45) is 5.99. The molecule has 0 bridgehead atoms. The van der Waals surface area contributed by atoms with Crippen LogP contribution in [0.5, 0.6) is 0 Å². The van der Waals surface area contributed by atoms with Crippen LogP contribution in [0.2, 0.25) is 0 Å². The molecule has 0 N–H and O–H groups in total. The summed E-state index contributed by atoms with van der Waals surface area (Å²) in [4.78, 5) is 0. The topological polar surface area (TPSA) is 18.5 Å². The van der Waals surface area contributed by atoms with E-state index < -0.39 is 0 Å². The van der Waals surface area contributed by atoms with Gasteiger partial charge in [0.1, 0.15) is 0 Å². The quantitative estimate of drug-likeness (QED) is 0.705. The summed E-state index contributed by atoms with van der Waals surface area (Å²) in [5.74, 6) is 1.76. The Morgan fingerprint density at radius 3 is 2.53 bits per heavy atom. The molecule has 0 aromatic carbocycles. The minimum absolute atomic E-state index is 0.0106. The molecule has 0 unspecified atom stereocenters. The molecule has 19 heavy (non-hydrogen) atoms. The smallest absolute Gasteiger partial charge is 0.160 e. The Morgan fingerprint density at radius 1 is 1.37 bits per heavy atom. The van der Waals surface area contributed by atoms with Gasteiger partial charge in [-0.3, -0.25) is 0 Å². The first kappa shape index (κ1) is 15.1. The Kier molecular flexibility index (Phi) is 4.73. The Bertz CT molecular complexity index is 326. The number of rotatable bonds is 3. The normalized spacial score (nSPS) is 41.7. The van der Waals surface area contributed by atoms with Crippen LogP contribution in [0.3, 0.4) is 0 Å². The molecule has 1 aliphatic heterocycles. The number of ether oxygens (including phenoxy) is 2. The van der Waals surface area contributed by atoms with Crippen molar-refractivity contribution in [2.24, 2.45) is 23.2 Å². The summed E-state index contributed by atoms with van der Waals surface area (Å²) in [6.45, 7) is 13.1. The lowest BCUT2D eigenvalue weighted by molar-refractivity contribution is -0.260. The Hall–Kier alpha value is -0.340. The molecular formula is C17H30O2. The second-order valence-electron chi connectivity index (χ2n) is 7.03. The van der Waals surface area contributed by atoms with E-state index in [1.165, 1.54) is 24.8 Å². The van der Waals surface area contributed by atoms with Crippen molar-refractivity contribution in [2.75, 3.05) is 13.2 Å². The first-order valence-electron chi connectivity index (χ1n) is 7.87. The van der Waals surface area contributed by atoms with E-state index in [4.69, 9.17) is 9.47 Å². The molecule has 1 saturated heterocycles. The van der Waals surface area contributed by atoms with Gasteiger partial charge in [0.2, 0.25) is 0 Å². The van der Waals surface area contributed by atoms with E-state index in [0.29, 0.717) is 17.8 Å². The molecule has 2 heteroatoms. The van der Waals surface area contributed by atoms with Crippen molar-refractivity contribution in [3.05, 3.63) is 11.6 Å². The van der Waals surface area contributed by atoms with E-state index in [9.17, 15) is 0 Å². The fraction of sp³-hybridized carbons (Fsp3) is 0.882. The van der Waals surface area contributed by atoms with Gasteiger partial charge in [0.05, 0.1) is 13.2 Å². The van der Waals surface area contributed by atoms with Crippen LogP contribution < -0.4 is 0 Å². The van der Waals surface area contributed by atoms with Gasteiger partial charge in [-0.1, -0.05) is 45.8 Å². The second kappa shape index (κ2) is 5.97. The highest BCUT2D eigenvalue weighted by atomic mass is 16.7. The summed E-state index contributed by atoms with van der Waals surface area (Å²) in [5, 5.41) is 0. The van der Waals surface area contributed by atoms with Gasteiger partial charge < -0.3 is 9.47 Å². The molecule has 2 rings (SSSR count). The van der Waals surface area contributed by atoms with Crippen LogP contribution in [0.4, 0.5) is 0 Å². The lowest BCUT2D eigenvalue weighted by atomic mass is 9.76. The highest BCUT2D eigenvalue weighted by Gasteiger charge is 2.40. The fourth-order valence-corrected chi connectivity index (χ4v) is 3.36. The van der Waals surface area contributed by atoms with E-state index in [1.54, 1.807) is 0 Å². The molecular weight excluding hydrogens is 236 g/mol. The average molecular weight is 266 g/mol. The second-order valence-corrected chi connectivity index (χ2v) is 7.03. The van der Waals surface area contributed by atoms with Gasteiger partial charge in [0.25, 0.3) is 0 Å². The summed E-state index contributed by atoms with van der Waals surface area (Å²) >= 11 is 0. The average Bonchev–Trinajstić information content (AvgIpc) is 2.39. The minimum atomic E-state index is 0.0106. The third kappa shape index (κ3) is 3.22. The van der Waals surface area contributed by atoms with Gasteiger partial charge >= 0.3 is 0 Å². The molecule has 0 amide bonds. The van der Waals surface area contributed by atoms with Crippen LogP contribution in [-0.2, 0) is 9.47 Å². The molecule has 0 aromatic rings. The van der Waals surface area contributed by atoms with E-state index >= 15 is 0 Å². The van der Waals surface area contributed by atoms with Crippen molar-refractivity contribution in [3.63, 3.8) is 0 Å².